The van der Waals surface area contributed by atoms with Gasteiger partial charge in [-0.2, -0.15) is 0 Å². The summed E-state index contributed by atoms with van der Waals surface area (Å²) in [7, 11) is 0. The lowest BCUT2D eigenvalue weighted by Crippen LogP contribution is -2.72. The Hall–Kier alpha value is -1.32. The van der Waals surface area contributed by atoms with E-state index in [0.29, 0.717) is 6.54 Å². The number of nitrogens with zero attached hydrogens (tertiary/aromatic N) is 1. The zero-order chi connectivity index (χ0) is 12.6. The van der Waals surface area contributed by atoms with Crippen molar-refractivity contribution >= 4 is 11.8 Å². The number of hydrogen-bond donors (Lipinski definition) is 1. The predicted molar refractivity (Wildman–Crippen MR) is 62.8 cm³/mol. The summed E-state index contributed by atoms with van der Waals surface area (Å²) >= 11 is 0. The van der Waals surface area contributed by atoms with E-state index < -0.39 is 11.1 Å². The quantitative estimate of drug-likeness (QED) is 0.713. The molecule has 90 valence electrons. The van der Waals surface area contributed by atoms with Crippen LogP contribution in [0.3, 0.4) is 0 Å². The molecule has 0 atom stereocenters. The molecule has 0 saturated carbocycles. The van der Waals surface area contributed by atoms with Crippen LogP contribution in [0.4, 0.5) is 0 Å². The molecule has 1 rings (SSSR count). The van der Waals surface area contributed by atoms with Crippen molar-refractivity contribution in [3.05, 3.63) is 12.2 Å². The smallest absolute Gasteiger partial charge is 0.248 e. The Kier molecular flexibility index (Phi) is 3.13. The Balaban J connectivity index is 3.07. The highest BCUT2D eigenvalue weighted by molar-refractivity contribution is 6.01. The van der Waals surface area contributed by atoms with Gasteiger partial charge in [0.05, 0.1) is 0 Å². The van der Waals surface area contributed by atoms with Crippen LogP contribution in [0.25, 0.3) is 0 Å². The second-order valence-electron chi connectivity index (χ2n) is 5.12. The average molecular weight is 224 g/mol. The minimum absolute atomic E-state index is 0.0461. The molecule has 1 N–H and O–H groups in total. The van der Waals surface area contributed by atoms with Gasteiger partial charge in [-0.15, -0.1) is 0 Å². The molecule has 0 aromatic rings. The lowest BCUT2D eigenvalue weighted by molar-refractivity contribution is -0.158. The zero-order valence-corrected chi connectivity index (χ0v) is 10.6. The fourth-order valence-corrected chi connectivity index (χ4v) is 1.73. The maximum Gasteiger partial charge on any atom is 0.248 e. The van der Waals surface area contributed by atoms with E-state index in [2.05, 4.69) is 5.32 Å². The molecule has 0 aliphatic carbocycles. The topological polar surface area (TPSA) is 49.4 Å². The molecule has 4 heteroatoms. The molecular formula is C12H20N2O2. The molecule has 0 bridgehead atoms. The van der Waals surface area contributed by atoms with E-state index in [9.17, 15) is 9.59 Å². The van der Waals surface area contributed by atoms with Gasteiger partial charge < -0.3 is 10.2 Å². The third-order valence-corrected chi connectivity index (χ3v) is 2.96. The molecule has 2 amide bonds. The minimum atomic E-state index is -0.811. The minimum Gasteiger partial charge on any atom is -0.340 e. The largest absolute Gasteiger partial charge is 0.340 e. The lowest BCUT2D eigenvalue weighted by atomic mass is 9.90. The van der Waals surface area contributed by atoms with E-state index in [0.717, 1.165) is 0 Å². The van der Waals surface area contributed by atoms with Gasteiger partial charge in [-0.05, 0) is 34.6 Å². The van der Waals surface area contributed by atoms with Crippen molar-refractivity contribution in [3.8, 4) is 0 Å². The number of carbonyl (C=O) groups is 2. The van der Waals surface area contributed by atoms with Crippen LogP contribution in [0.1, 0.15) is 34.6 Å². The number of amides is 2. The number of rotatable bonds is 2. The summed E-state index contributed by atoms with van der Waals surface area (Å²) in [6.07, 6.45) is 3.76. The van der Waals surface area contributed by atoms with Crippen molar-refractivity contribution in [2.45, 2.75) is 45.7 Å². The summed E-state index contributed by atoms with van der Waals surface area (Å²) in [4.78, 5) is 25.7. The van der Waals surface area contributed by atoms with Crippen LogP contribution in [0.2, 0.25) is 0 Å². The van der Waals surface area contributed by atoms with Gasteiger partial charge in [0.1, 0.15) is 11.1 Å². The molecule has 0 aromatic heterocycles. The molecule has 0 radical (unpaired) electrons. The molecule has 1 saturated heterocycles. The standard InChI is InChI=1S/C12H20N2O2/c1-6-7-8-14-10(16)11(2,3)13-9(15)12(14,4)5/h6-7H,8H2,1-5H3,(H,13,15)/b7-6+. The number of carbonyl (C=O) groups excluding carboxylic acids is 2. The molecule has 1 heterocycles. The van der Waals surface area contributed by atoms with E-state index in [-0.39, 0.29) is 11.8 Å². The van der Waals surface area contributed by atoms with Crippen LogP contribution in [0.5, 0.6) is 0 Å². The van der Waals surface area contributed by atoms with Gasteiger partial charge in [0.25, 0.3) is 0 Å². The first kappa shape index (κ1) is 12.7. The van der Waals surface area contributed by atoms with Crippen LogP contribution >= 0.6 is 0 Å². The molecule has 1 fully saturated rings. The highest BCUT2D eigenvalue weighted by atomic mass is 16.2. The summed E-state index contributed by atoms with van der Waals surface area (Å²) in [5, 5.41) is 2.75. The molecule has 1 aliphatic rings. The maximum absolute atomic E-state index is 12.2. The van der Waals surface area contributed by atoms with Crippen LogP contribution in [0, 0.1) is 0 Å². The maximum atomic E-state index is 12.2. The first-order chi connectivity index (χ1) is 7.23. The average Bonchev–Trinajstić information content (AvgIpc) is 2.15. The SMILES string of the molecule is C/C=C/CN1C(=O)C(C)(C)NC(=O)C1(C)C. The Morgan fingerprint density at radius 2 is 1.81 bits per heavy atom. The van der Waals surface area contributed by atoms with Gasteiger partial charge in [-0.1, -0.05) is 12.2 Å². The highest BCUT2D eigenvalue weighted by Gasteiger charge is 2.49. The predicted octanol–water partition coefficient (Wildman–Crippen LogP) is 1.08. The van der Waals surface area contributed by atoms with Crippen molar-refractivity contribution in [3.63, 3.8) is 0 Å². The second-order valence-corrected chi connectivity index (χ2v) is 5.12. The first-order valence-corrected chi connectivity index (χ1v) is 5.49. The van der Waals surface area contributed by atoms with Gasteiger partial charge in [0.2, 0.25) is 11.8 Å². The Labute approximate surface area is 96.7 Å². The van der Waals surface area contributed by atoms with Gasteiger partial charge in [-0.3, -0.25) is 9.59 Å². The van der Waals surface area contributed by atoms with Crippen molar-refractivity contribution in [1.82, 2.24) is 10.2 Å². The number of hydrogen-bond acceptors (Lipinski definition) is 2. The number of piperazine rings is 1. The van der Waals surface area contributed by atoms with Crippen molar-refractivity contribution in [2.75, 3.05) is 6.54 Å². The van der Waals surface area contributed by atoms with Crippen molar-refractivity contribution in [1.29, 1.82) is 0 Å². The zero-order valence-electron chi connectivity index (χ0n) is 10.6. The Morgan fingerprint density at radius 3 is 2.31 bits per heavy atom. The normalized spacial score (nSPS) is 23.7. The van der Waals surface area contributed by atoms with E-state index in [1.807, 2.05) is 19.1 Å². The highest BCUT2D eigenvalue weighted by Crippen LogP contribution is 2.25. The third kappa shape index (κ3) is 1.96. The van der Waals surface area contributed by atoms with E-state index in [1.165, 1.54) is 0 Å². The molecule has 0 spiro atoms. The van der Waals surface area contributed by atoms with Crippen molar-refractivity contribution < 1.29 is 9.59 Å². The van der Waals surface area contributed by atoms with E-state index >= 15 is 0 Å². The Bertz CT molecular complexity index is 343. The molecular weight excluding hydrogens is 204 g/mol. The first-order valence-electron chi connectivity index (χ1n) is 5.49. The fourth-order valence-electron chi connectivity index (χ4n) is 1.73. The molecule has 4 nitrogen and oxygen atoms in total. The monoisotopic (exact) mass is 224 g/mol. The van der Waals surface area contributed by atoms with Crippen molar-refractivity contribution in [2.24, 2.45) is 0 Å². The van der Waals surface area contributed by atoms with Gasteiger partial charge in [0, 0.05) is 6.54 Å². The van der Waals surface area contributed by atoms with Crippen LogP contribution in [-0.4, -0.2) is 34.3 Å². The van der Waals surface area contributed by atoms with Crippen LogP contribution < -0.4 is 5.32 Å². The fraction of sp³-hybridized carbons (Fsp3) is 0.667. The molecule has 16 heavy (non-hydrogen) atoms. The van der Waals surface area contributed by atoms with Gasteiger partial charge in [-0.25, -0.2) is 0 Å². The molecule has 1 aliphatic heterocycles. The third-order valence-electron chi connectivity index (χ3n) is 2.96. The van der Waals surface area contributed by atoms with E-state index in [1.54, 1.807) is 32.6 Å². The molecule has 0 unspecified atom stereocenters. The Morgan fingerprint density at radius 1 is 1.25 bits per heavy atom. The van der Waals surface area contributed by atoms with Gasteiger partial charge in [0.15, 0.2) is 0 Å². The summed E-state index contributed by atoms with van der Waals surface area (Å²) in [5.74, 6) is -0.156. The lowest BCUT2D eigenvalue weighted by Gasteiger charge is -2.47. The molecule has 0 aromatic carbocycles. The summed E-state index contributed by atoms with van der Waals surface area (Å²) in [5.41, 5.74) is -1.60. The van der Waals surface area contributed by atoms with Gasteiger partial charge >= 0.3 is 0 Å². The van der Waals surface area contributed by atoms with Crippen LogP contribution in [-0.2, 0) is 9.59 Å². The van der Waals surface area contributed by atoms with Crippen LogP contribution in [0.15, 0.2) is 12.2 Å². The number of nitrogens with one attached hydrogen (secondary N) is 1. The summed E-state index contributed by atoms with van der Waals surface area (Å²) in [6.45, 7) is 9.35. The second kappa shape index (κ2) is 3.92. The number of allylic oxidation sites excluding steroid dienone is 1. The van der Waals surface area contributed by atoms with E-state index in [4.69, 9.17) is 0 Å². The summed E-state index contributed by atoms with van der Waals surface area (Å²) < 4.78 is 0. The summed E-state index contributed by atoms with van der Waals surface area (Å²) in [6, 6.07) is 0.